The van der Waals surface area contributed by atoms with Gasteiger partial charge in [-0.3, -0.25) is 4.79 Å². The predicted molar refractivity (Wildman–Crippen MR) is 123 cm³/mol. The van der Waals surface area contributed by atoms with E-state index >= 15 is 0 Å². The lowest BCUT2D eigenvalue weighted by Crippen LogP contribution is -2.63. The van der Waals surface area contributed by atoms with Gasteiger partial charge in [0.15, 0.2) is 0 Å². The summed E-state index contributed by atoms with van der Waals surface area (Å²) in [7, 11) is 0. The van der Waals surface area contributed by atoms with Crippen molar-refractivity contribution in [2.24, 2.45) is 28.6 Å². The van der Waals surface area contributed by atoms with Crippen LogP contribution in [-0.2, 0) is 19.1 Å². The molecule has 0 radical (unpaired) electrons. The number of esters is 2. The molecule has 4 aliphatic carbocycles. The third-order valence-corrected chi connectivity index (χ3v) is 9.10. The lowest BCUT2D eigenvalue weighted by molar-refractivity contribution is -0.234. The SMILES string of the molecule is C=CC(=O)OC(C)(CC)CC(C)(CC)C(=O)OC1(CCC)C2CC3CC1CC(C)(C3)C2. The van der Waals surface area contributed by atoms with Gasteiger partial charge in [0.05, 0.1) is 5.41 Å². The molecule has 4 bridgehead atoms. The van der Waals surface area contributed by atoms with Gasteiger partial charge in [0, 0.05) is 12.5 Å². The molecule has 0 aromatic rings. The summed E-state index contributed by atoms with van der Waals surface area (Å²) in [6.45, 7) is 16.1. The van der Waals surface area contributed by atoms with Gasteiger partial charge in [0.2, 0.25) is 0 Å². The molecule has 176 valence electrons. The van der Waals surface area contributed by atoms with Crippen LogP contribution in [0.4, 0.5) is 0 Å². The van der Waals surface area contributed by atoms with Crippen LogP contribution in [0.3, 0.4) is 0 Å². The minimum absolute atomic E-state index is 0.101. The molecule has 4 atom stereocenters. The average Bonchev–Trinajstić information content (AvgIpc) is 2.70. The average molecular weight is 433 g/mol. The number of hydrogen-bond acceptors (Lipinski definition) is 4. The molecule has 4 rings (SSSR count). The van der Waals surface area contributed by atoms with Crippen molar-refractivity contribution < 1.29 is 19.1 Å². The summed E-state index contributed by atoms with van der Waals surface area (Å²) in [4.78, 5) is 25.7. The third kappa shape index (κ3) is 4.46. The van der Waals surface area contributed by atoms with Crippen molar-refractivity contribution in [3.8, 4) is 0 Å². The first-order valence-corrected chi connectivity index (χ1v) is 12.6. The van der Waals surface area contributed by atoms with E-state index in [9.17, 15) is 9.59 Å². The van der Waals surface area contributed by atoms with E-state index in [4.69, 9.17) is 9.47 Å². The van der Waals surface area contributed by atoms with Gasteiger partial charge in [-0.15, -0.1) is 0 Å². The third-order valence-electron chi connectivity index (χ3n) is 9.10. The van der Waals surface area contributed by atoms with Crippen LogP contribution in [0, 0.1) is 28.6 Å². The highest BCUT2D eigenvalue weighted by atomic mass is 16.6. The van der Waals surface area contributed by atoms with Crippen LogP contribution < -0.4 is 0 Å². The van der Waals surface area contributed by atoms with Crippen LogP contribution in [-0.4, -0.2) is 23.1 Å². The van der Waals surface area contributed by atoms with Crippen LogP contribution in [0.2, 0.25) is 0 Å². The minimum atomic E-state index is -0.718. The topological polar surface area (TPSA) is 52.6 Å². The number of ether oxygens (including phenoxy) is 2. The fourth-order valence-electron chi connectivity index (χ4n) is 7.45. The van der Waals surface area contributed by atoms with Gasteiger partial charge in [-0.1, -0.05) is 40.7 Å². The first kappa shape index (κ1) is 24.3. The Balaban J connectivity index is 1.84. The van der Waals surface area contributed by atoms with Crippen LogP contribution in [0.5, 0.6) is 0 Å². The summed E-state index contributed by atoms with van der Waals surface area (Å²) >= 11 is 0. The Hall–Kier alpha value is -1.32. The van der Waals surface area contributed by atoms with E-state index in [0.29, 0.717) is 36.5 Å². The van der Waals surface area contributed by atoms with Gasteiger partial charge >= 0.3 is 11.9 Å². The molecular formula is C27H44O4. The lowest BCUT2D eigenvalue weighted by atomic mass is 9.44. The molecular weight excluding hydrogens is 388 g/mol. The van der Waals surface area contributed by atoms with E-state index in [1.54, 1.807) is 0 Å². The second-order valence-corrected chi connectivity index (χ2v) is 11.8. The van der Waals surface area contributed by atoms with Crippen molar-refractivity contribution in [3.63, 3.8) is 0 Å². The monoisotopic (exact) mass is 432 g/mol. The van der Waals surface area contributed by atoms with Crippen molar-refractivity contribution >= 4 is 11.9 Å². The van der Waals surface area contributed by atoms with E-state index < -0.39 is 17.0 Å². The zero-order valence-electron chi connectivity index (χ0n) is 20.7. The zero-order chi connectivity index (χ0) is 23.1. The first-order valence-electron chi connectivity index (χ1n) is 12.6. The summed E-state index contributed by atoms with van der Waals surface area (Å²) in [5, 5.41) is 0. The summed E-state index contributed by atoms with van der Waals surface area (Å²) < 4.78 is 12.4. The van der Waals surface area contributed by atoms with Crippen LogP contribution in [0.25, 0.3) is 0 Å². The Labute approximate surface area is 189 Å². The lowest BCUT2D eigenvalue weighted by Gasteiger charge is -2.64. The fourth-order valence-corrected chi connectivity index (χ4v) is 7.45. The Morgan fingerprint density at radius 1 is 1.06 bits per heavy atom. The largest absolute Gasteiger partial charge is 0.458 e. The number of carbonyl (C=O) groups excluding carboxylic acids is 2. The number of rotatable bonds is 10. The second-order valence-electron chi connectivity index (χ2n) is 11.8. The number of hydrogen-bond donors (Lipinski definition) is 0. The highest BCUT2D eigenvalue weighted by Gasteiger charge is 2.63. The summed E-state index contributed by atoms with van der Waals surface area (Å²) in [6, 6.07) is 0. The Bertz CT molecular complexity index is 696. The second kappa shape index (κ2) is 8.56. The number of carbonyl (C=O) groups is 2. The maximum atomic E-state index is 13.8. The molecule has 0 aromatic carbocycles. The van der Waals surface area contributed by atoms with Crippen molar-refractivity contribution in [2.75, 3.05) is 0 Å². The summed E-state index contributed by atoms with van der Waals surface area (Å²) in [5.41, 5.74) is -1.27. The molecule has 0 spiro atoms. The first-order chi connectivity index (χ1) is 14.5. The highest BCUT2D eigenvalue weighted by Crippen LogP contribution is 2.65. The fraction of sp³-hybridized carbons (Fsp3) is 0.852. The van der Waals surface area contributed by atoms with Gasteiger partial charge in [0.25, 0.3) is 0 Å². The van der Waals surface area contributed by atoms with Crippen molar-refractivity contribution in [2.45, 2.75) is 117 Å². The molecule has 4 unspecified atom stereocenters. The molecule has 0 N–H and O–H groups in total. The van der Waals surface area contributed by atoms with Gasteiger partial charge in [-0.25, -0.2) is 4.79 Å². The molecule has 0 saturated heterocycles. The molecule has 0 aliphatic heterocycles. The predicted octanol–water partition coefficient (Wildman–Crippen LogP) is 6.62. The Morgan fingerprint density at radius 3 is 2.13 bits per heavy atom. The van der Waals surface area contributed by atoms with Gasteiger partial charge in [-0.2, -0.15) is 0 Å². The van der Waals surface area contributed by atoms with Crippen LogP contribution >= 0.6 is 0 Å². The van der Waals surface area contributed by atoms with Crippen LogP contribution in [0.15, 0.2) is 12.7 Å². The standard InChI is InChI=1S/C27H44O4/c1-8-12-27(20-13-19-14-21(27)17-24(5,15-19)16-20)31-23(29)25(6,10-3)18-26(7,11-4)30-22(28)9-2/h9,19-21H,2,8,10-18H2,1,3-7H3. The van der Waals surface area contributed by atoms with Crippen molar-refractivity contribution in [1.29, 1.82) is 0 Å². The summed E-state index contributed by atoms with van der Waals surface area (Å²) in [6.07, 6.45) is 11.1. The smallest absolute Gasteiger partial charge is 0.330 e. The van der Waals surface area contributed by atoms with E-state index in [1.807, 2.05) is 27.7 Å². The van der Waals surface area contributed by atoms with E-state index in [-0.39, 0.29) is 11.6 Å². The van der Waals surface area contributed by atoms with E-state index in [2.05, 4.69) is 20.4 Å². The highest BCUT2D eigenvalue weighted by molar-refractivity contribution is 5.82. The van der Waals surface area contributed by atoms with E-state index in [0.717, 1.165) is 18.8 Å². The molecule has 4 aliphatic rings. The Morgan fingerprint density at radius 2 is 1.68 bits per heavy atom. The van der Waals surface area contributed by atoms with E-state index in [1.165, 1.54) is 38.2 Å². The molecule has 0 heterocycles. The maximum absolute atomic E-state index is 13.8. The molecule has 4 saturated carbocycles. The van der Waals surface area contributed by atoms with Crippen molar-refractivity contribution in [3.05, 3.63) is 12.7 Å². The minimum Gasteiger partial charge on any atom is -0.458 e. The quantitative estimate of drug-likeness (QED) is 0.287. The molecule has 31 heavy (non-hydrogen) atoms. The normalized spacial score (nSPS) is 37.5. The van der Waals surface area contributed by atoms with Gasteiger partial charge in [0.1, 0.15) is 11.2 Å². The molecule has 4 nitrogen and oxygen atoms in total. The van der Waals surface area contributed by atoms with Gasteiger partial charge < -0.3 is 9.47 Å². The molecule has 4 heteroatoms. The maximum Gasteiger partial charge on any atom is 0.330 e. The van der Waals surface area contributed by atoms with Crippen LogP contribution in [0.1, 0.15) is 106 Å². The zero-order valence-corrected chi connectivity index (χ0v) is 20.7. The van der Waals surface area contributed by atoms with Crippen molar-refractivity contribution in [1.82, 2.24) is 0 Å². The molecule has 0 aromatic heterocycles. The molecule has 4 fully saturated rings. The Kier molecular flexibility index (Phi) is 6.71. The summed E-state index contributed by atoms with van der Waals surface area (Å²) in [5.74, 6) is 1.25. The van der Waals surface area contributed by atoms with Gasteiger partial charge in [-0.05, 0) is 88.4 Å². The molecule has 0 amide bonds.